The Morgan fingerprint density at radius 1 is 0.308 bits per heavy atom. The van der Waals surface area contributed by atoms with Crippen LogP contribution in [-0.2, 0) is 0 Å². The Kier molecular flexibility index (Phi) is 8.16. The molecule has 0 aliphatic carbocycles. The normalized spacial score (nSPS) is 11.1. The summed E-state index contributed by atoms with van der Waals surface area (Å²) in [4.78, 5) is 19.7. The van der Waals surface area contributed by atoms with Crippen molar-refractivity contribution < 1.29 is 0 Å². The number of pyridine rings is 2. The molecular formula is C48H32N4. The van der Waals surface area contributed by atoms with Gasteiger partial charge in [-0.25, -0.2) is 9.97 Å². The van der Waals surface area contributed by atoms with Crippen molar-refractivity contribution in [3.05, 3.63) is 194 Å². The molecule has 3 heterocycles. The third-order valence-corrected chi connectivity index (χ3v) is 9.37. The highest BCUT2D eigenvalue weighted by Gasteiger charge is 2.17. The zero-order valence-corrected chi connectivity index (χ0v) is 28.3. The second-order valence-corrected chi connectivity index (χ2v) is 12.7. The highest BCUT2D eigenvalue weighted by atomic mass is 14.9. The maximum absolute atomic E-state index is 5.14. The summed E-state index contributed by atoms with van der Waals surface area (Å²) in [6.45, 7) is 0. The largest absolute Gasteiger partial charge is 0.256 e. The Morgan fingerprint density at radius 3 is 1.44 bits per heavy atom. The first-order chi connectivity index (χ1) is 25.8. The zero-order chi connectivity index (χ0) is 34.7. The first-order valence-electron chi connectivity index (χ1n) is 17.4. The Bertz CT molecular complexity index is 2540. The molecule has 0 saturated carbocycles. The summed E-state index contributed by atoms with van der Waals surface area (Å²) in [5.41, 5.74) is 13.1. The van der Waals surface area contributed by atoms with Gasteiger partial charge in [-0.1, -0.05) is 127 Å². The molecular weight excluding hydrogens is 633 g/mol. The number of hydrogen-bond acceptors (Lipinski definition) is 4. The van der Waals surface area contributed by atoms with Crippen LogP contribution in [0.5, 0.6) is 0 Å². The molecule has 0 spiro atoms. The fourth-order valence-corrected chi connectivity index (χ4v) is 6.87. The predicted octanol–water partition coefficient (Wildman–Crippen LogP) is 12.1. The third-order valence-electron chi connectivity index (χ3n) is 9.37. The first kappa shape index (κ1) is 31.0. The molecule has 6 aromatic carbocycles. The van der Waals surface area contributed by atoms with Crippen molar-refractivity contribution in [2.24, 2.45) is 0 Å². The molecule has 0 fully saturated rings. The Morgan fingerprint density at radius 2 is 0.827 bits per heavy atom. The van der Waals surface area contributed by atoms with Gasteiger partial charge in [-0.15, -0.1) is 0 Å². The van der Waals surface area contributed by atoms with Gasteiger partial charge in [-0.05, 0) is 87.6 Å². The van der Waals surface area contributed by atoms with Crippen molar-refractivity contribution in [1.29, 1.82) is 0 Å². The lowest BCUT2D eigenvalue weighted by molar-refractivity contribution is 1.18. The minimum Gasteiger partial charge on any atom is -0.256 e. The Hall–Kier alpha value is -7.04. The molecule has 0 bridgehead atoms. The van der Waals surface area contributed by atoms with E-state index >= 15 is 0 Å². The van der Waals surface area contributed by atoms with Crippen LogP contribution in [0.1, 0.15) is 0 Å². The lowest BCUT2D eigenvalue weighted by Crippen LogP contribution is -1.96. The molecule has 0 radical (unpaired) electrons. The molecule has 9 aromatic rings. The first-order valence-corrected chi connectivity index (χ1v) is 17.4. The summed E-state index contributed by atoms with van der Waals surface area (Å²) in [5, 5.41) is 2.34. The molecule has 0 amide bonds. The molecule has 3 aromatic heterocycles. The maximum atomic E-state index is 5.14. The van der Waals surface area contributed by atoms with E-state index in [-0.39, 0.29) is 0 Å². The van der Waals surface area contributed by atoms with Gasteiger partial charge in [0.1, 0.15) is 0 Å². The van der Waals surface area contributed by atoms with Gasteiger partial charge < -0.3 is 0 Å². The fourth-order valence-electron chi connectivity index (χ4n) is 6.87. The van der Waals surface area contributed by atoms with Crippen molar-refractivity contribution in [2.75, 3.05) is 0 Å². The second kappa shape index (κ2) is 13.7. The van der Waals surface area contributed by atoms with E-state index in [1.165, 1.54) is 10.8 Å². The molecule has 4 heteroatoms. The SMILES string of the molecule is c1ccc(-c2cc(-c3ccccc3)nc(-c3cccc(-c4c(-c5cc(-c6ccccn6)cc(-c6ccccn6)c5)ccc5ccccc45)c3)n2)cc1. The number of benzene rings is 6. The van der Waals surface area contributed by atoms with Crippen LogP contribution in [0.4, 0.5) is 0 Å². The van der Waals surface area contributed by atoms with Gasteiger partial charge in [0.05, 0.1) is 22.8 Å². The smallest absolute Gasteiger partial charge is 0.160 e. The third kappa shape index (κ3) is 6.14. The van der Waals surface area contributed by atoms with E-state index in [9.17, 15) is 0 Å². The summed E-state index contributed by atoms with van der Waals surface area (Å²) in [6.07, 6.45) is 3.68. The van der Waals surface area contributed by atoms with Crippen molar-refractivity contribution in [1.82, 2.24) is 19.9 Å². The molecule has 0 saturated heterocycles. The van der Waals surface area contributed by atoms with Crippen LogP contribution in [0.25, 0.3) is 89.4 Å². The van der Waals surface area contributed by atoms with E-state index in [4.69, 9.17) is 19.9 Å². The Labute approximate surface area is 302 Å². The van der Waals surface area contributed by atoms with E-state index in [0.29, 0.717) is 5.82 Å². The van der Waals surface area contributed by atoms with Crippen LogP contribution in [-0.4, -0.2) is 19.9 Å². The van der Waals surface area contributed by atoms with Crippen LogP contribution >= 0.6 is 0 Å². The van der Waals surface area contributed by atoms with Crippen LogP contribution in [0.15, 0.2) is 194 Å². The summed E-state index contributed by atoms with van der Waals surface area (Å²) < 4.78 is 0. The standard InChI is InChI=1S/C48H32N4/c1-3-15-34(16-4-1)45-32-46(35-17-5-2-6-18-35)52-48(51-45)37-20-13-19-36(28-37)47-41-21-8-7-14-33(41)24-25-42(47)38-29-39(43-22-9-11-26-49-43)31-40(30-38)44-23-10-12-27-50-44/h1-32H. The quantitative estimate of drug-likeness (QED) is 0.170. The number of hydrogen-bond donors (Lipinski definition) is 0. The Balaban J connectivity index is 1.25. The summed E-state index contributed by atoms with van der Waals surface area (Å²) in [7, 11) is 0. The molecule has 0 aliphatic rings. The highest BCUT2D eigenvalue weighted by molar-refractivity contribution is 6.05. The average Bonchev–Trinajstić information content (AvgIpc) is 3.24. The lowest BCUT2D eigenvalue weighted by Gasteiger charge is -2.17. The van der Waals surface area contributed by atoms with Gasteiger partial charge >= 0.3 is 0 Å². The average molecular weight is 665 g/mol. The zero-order valence-electron chi connectivity index (χ0n) is 28.3. The van der Waals surface area contributed by atoms with E-state index in [0.717, 1.165) is 72.8 Å². The highest BCUT2D eigenvalue weighted by Crippen LogP contribution is 2.42. The number of aromatic nitrogens is 4. The summed E-state index contributed by atoms with van der Waals surface area (Å²) >= 11 is 0. The summed E-state index contributed by atoms with van der Waals surface area (Å²) in [6, 6.07) is 63.1. The lowest BCUT2D eigenvalue weighted by atomic mass is 9.87. The molecule has 52 heavy (non-hydrogen) atoms. The van der Waals surface area contributed by atoms with Gasteiger partial charge in [-0.3, -0.25) is 9.97 Å². The topological polar surface area (TPSA) is 51.6 Å². The van der Waals surface area contributed by atoms with Gasteiger partial charge in [-0.2, -0.15) is 0 Å². The number of fused-ring (bicyclic) bond motifs is 1. The summed E-state index contributed by atoms with van der Waals surface area (Å²) in [5.74, 6) is 0.679. The molecule has 0 N–H and O–H groups in total. The van der Waals surface area contributed by atoms with E-state index in [2.05, 4.69) is 121 Å². The molecule has 244 valence electrons. The second-order valence-electron chi connectivity index (χ2n) is 12.7. The fraction of sp³-hybridized carbons (Fsp3) is 0. The van der Waals surface area contributed by atoms with Crippen molar-refractivity contribution >= 4 is 10.8 Å². The molecule has 0 unspecified atom stereocenters. The van der Waals surface area contributed by atoms with Crippen LogP contribution < -0.4 is 0 Å². The van der Waals surface area contributed by atoms with Gasteiger partial charge in [0.15, 0.2) is 5.82 Å². The van der Waals surface area contributed by atoms with Gasteiger partial charge in [0.25, 0.3) is 0 Å². The van der Waals surface area contributed by atoms with Gasteiger partial charge in [0.2, 0.25) is 0 Å². The predicted molar refractivity (Wildman–Crippen MR) is 213 cm³/mol. The monoisotopic (exact) mass is 664 g/mol. The number of rotatable bonds is 7. The molecule has 4 nitrogen and oxygen atoms in total. The van der Waals surface area contributed by atoms with E-state index in [1.54, 1.807) is 0 Å². The minimum atomic E-state index is 0.679. The van der Waals surface area contributed by atoms with Crippen LogP contribution in [0.2, 0.25) is 0 Å². The maximum Gasteiger partial charge on any atom is 0.160 e. The number of nitrogens with zero attached hydrogens (tertiary/aromatic N) is 4. The van der Waals surface area contributed by atoms with Crippen molar-refractivity contribution in [3.63, 3.8) is 0 Å². The van der Waals surface area contributed by atoms with Crippen LogP contribution in [0.3, 0.4) is 0 Å². The molecule has 9 rings (SSSR count). The van der Waals surface area contributed by atoms with Gasteiger partial charge in [0, 0.05) is 40.2 Å². The van der Waals surface area contributed by atoms with Crippen LogP contribution in [0, 0.1) is 0 Å². The van der Waals surface area contributed by atoms with Crippen molar-refractivity contribution in [3.8, 4) is 78.7 Å². The minimum absolute atomic E-state index is 0.679. The van der Waals surface area contributed by atoms with Crippen molar-refractivity contribution in [2.45, 2.75) is 0 Å². The molecule has 0 aliphatic heterocycles. The molecule has 0 atom stereocenters. The van der Waals surface area contributed by atoms with E-state index < -0.39 is 0 Å². The van der Waals surface area contributed by atoms with E-state index in [1.807, 2.05) is 73.1 Å².